The maximum absolute atomic E-state index is 14.2. The van der Waals surface area contributed by atoms with E-state index >= 15 is 0 Å². The molecule has 2 aromatic carbocycles. The van der Waals surface area contributed by atoms with E-state index in [2.05, 4.69) is 15.5 Å². The van der Waals surface area contributed by atoms with Crippen LogP contribution in [0.25, 0.3) is 0 Å². The van der Waals surface area contributed by atoms with Crippen molar-refractivity contribution in [2.75, 3.05) is 18.1 Å². The van der Waals surface area contributed by atoms with E-state index in [-0.39, 0.29) is 29.5 Å². The highest BCUT2D eigenvalue weighted by molar-refractivity contribution is 6.10. The highest BCUT2D eigenvalue weighted by Crippen LogP contribution is 2.51. The maximum Gasteiger partial charge on any atom is 0.416 e. The molecule has 0 spiro atoms. The van der Waals surface area contributed by atoms with E-state index < -0.39 is 17.6 Å². The third-order valence-electron chi connectivity index (χ3n) is 8.95. The molecule has 4 atom stereocenters. The summed E-state index contributed by atoms with van der Waals surface area (Å²) in [5, 5.41) is 11.8. The topological polar surface area (TPSA) is 72.3 Å². The number of anilines is 1. The fraction of sp³-hybridized carbons (Fsp3) is 0.483. The third-order valence-corrected chi connectivity index (χ3v) is 8.95. The van der Waals surface area contributed by atoms with Gasteiger partial charge in [0.25, 0.3) is 5.91 Å². The molecule has 0 bridgehead atoms. The first-order valence-corrected chi connectivity index (χ1v) is 13.6. The summed E-state index contributed by atoms with van der Waals surface area (Å²) in [6.07, 6.45) is 0.565. The van der Waals surface area contributed by atoms with Gasteiger partial charge in [0.2, 0.25) is 0 Å². The SMILES string of the molecule is Cn1cnnc1C(c1cccc(N2Cc3c(cc(CNC4C[C@@H]5C[C@@H]5C4)cc3C(F)(F)F)C2=O)c1)C1COC1. The molecular formula is C29H30F3N5O2. The van der Waals surface area contributed by atoms with Gasteiger partial charge in [0.1, 0.15) is 12.2 Å². The lowest BCUT2D eigenvalue weighted by atomic mass is 9.83. The van der Waals surface area contributed by atoms with Gasteiger partial charge in [-0.25, -0.2) is 0 Å². The van der Waals surface area contributed by atoms with Gasteiger partial charge in [-0.05, 0) is 72.1 Å². The first-order valence-electron chi connectivity index (χ1n) is 13.6. The largest absolute Gasteiger partial charge is 0.416 e. The molecule has 1 amide bonds. The lowest BCUT2D eigenvalue weighted by molar-refractivity contribution is -0.138. The Bertz CT molecular complexity index is 1420. The minimum atomic E-state index is -4.55. The predicted octanol–water partition coefficient (Wildman–Crippen LogP) is 4.66. The van der Waals surface area contributed by atoms with Crippen molar-refractivity contribution in [2.24, 2.45) is 24.8 Å². The van der Waals surface area contributed by atoms with Crippen molar-refractivity contribution in [3.63, 3.8) is 0 Å². The van der Waals surface area contributed by atoms with Crippen LogP contribution in [0.2, 0.25) is 0 Å². The van der Waals surface area contributed by atoms with E-state index in [1.807, 2.05) is 29.8 Å². The van der Waals surface area contributed by atoms with Crippen molar-refractivity contribution in [1.29, 1.82) is 0 Å². The first kappa shape index (κ1) is 24.8. The monoisotopic (exact) mass is 537 g/mol. The van der Waals surface area contributed by atoms with Crippen molar-refractivity contribution in [3.8, 4) is 0 Å². The van der Waals surface area contributed by atoms with E-state index in [0.717, 1.165) is 36.1 Å². The number of carbonyl (C=O) groups is 1. The van der Waals surface area contributed by atoms with Gasteiger partial charge in [-0.1, -0.05) is 12.1 Å². The third kappa shape index (κ3) is 4.43. The Hall–Kier alpha value is -3.24. The van der Waals surface area contributed by atoms with Crippen molar-refractivity contribution in [1.82, 2.24) is 20.1 Å². The molecule has 0 radical (unpaired) electrons. The van der Waals surface area contributed by atoms with Crippen LogP contribution in [0, 0.1) is 17.8 Å². The second-order valence-corrected chi connectivity index (χ2v) is 11.5. The molecule has 7 rings (SSSR count). The van der Waals surface area contributed by atoms with E-state index in [4.69, 9.17) is 4.74 Å². The van der Waals surface area contributed by atoms with E-state index in [9.17, 15) is 18.0 Å². The van der Waals surface area contributed by atoms with Crippen LogP contribution in [-0.4, -0.2) is 39.9 Å². The zero-order chi connectivity index (χ0) is 26.9. The molecule has 2 saturated carbocycles. The minimum Gasteiger partial charge on any atom is -0.381 e. The molecule has 3 heterocycles. The Kier molecular flexibility index (Phi) is 5.82. The number of halogens is 3. The minimum absolute atomic E-state index is 0.0426. The van der Waals surface area contributed by atoms with Gasteiger partial charge in [0.15, 0.2) is 0 Å². The normalized spacial score (nSPS) is 25.0. The number of hydrogen-bond donors (Lipinski definition) is 1. The quantitative estimate of drug-likeness (QED) is 0.475. The van der Waals surface area contributed by atoms with Crippen molar-refractivity contribution in [2.45, 2.75) is 50.5 Å². The number of nitrogens with one attached hydrogen (secondary N) is 1. The zero-order valence-electron chi connectivity index (χ0n) is 21.6. The van der Waals surface area contributed by atoms with Crippen LogP contribution in [0.3, 0.4) is 0 Å². The van der Waals surface area contributed by atoms with Gasteiger partial charge in [0, 0.05) is 36.8 Å². The molecular weight excluding hydrogens is 507 g/mol. The summed E-state index contributed by atoms with van der Waals surface area (Å²) in [6.45, 7) is 1.38. The lowest BCUT2D eigenvalue weighted by Crippen LogP contribution is -2.35. The Morgan fingerprint density at radius 2 is 1.92 bits per heavy atom. The Balaban J connectivity index is 1.18. The maximum atomic E-state index is 14.2. The molecule has 1 saturated heterocycles. The van der Waals surface area contributed by atoms with Crippen LogP contribution >= 0.6 is 0 Å². The van der Waals surface area contributed by atoms with Crippen LogP contribution in [0.1, 0.15) is 63.6 Å². The second kappa shape index (κ2) is 9.16. The van der Waals surface area contributed by atoms with E-state index in [0.29, 0.717) is 37.1 Å². The number of aromatic nitrogens is 3. The molecule has 204 valence electrons. The Morgan fingerprint density at radius 1 is 1.13 bits per heavy atom. The molecule has 3 aromatic rings. The average Bonchev–Trinajstić information content (AvgIpc) is 3.16. The van der Waals surface area contributed by atoms with Crippen LogP contribution in [0.15, 0.2) is 42.7 Å². The second-order valence-electron chi connectivity index (χ2n) is 11.5. The summed E-state index contributed by atoms with van der Waals surface area (Å²) >= 11 is 0. The molecule has 10 heteroatoms. The molecule has 39 heavy (non-hydrogen) atoms. The molecule has 4 aliphatic rings. The highest BCUT2D eigenvalue weighted by Gasteiger charge is 2.46. The van der Waals surface area contributed by atoms with Crippen molar-refractivity contribution >= 4 is 11.6 Å². The number of hydrogen-bond acceptors (Lipinski definition) is 5. The number of carbonyl (C=O) groups excluding carboxylic acids is 1. The number of alkyl halides is 3. The zero-order valence-corrected chi connectivity index (χ0v) is 21.6. The summed E-state index contributed by atoms with van der Waals surface area (Å²) in [5.74, 6) is 2.04. The van der Waals surface area contributed by atoms with Gasteiger partial charge in [-0.15, -0.1) is 10.2 Å². The van der Waals surface area contributed by atoms with Gasteiger partial charge < -0.3 is 19.5 Å². The molecule has 3 fully saturated rings. The average molecular weight is 538 g/mol. The summed E-state index contributed by atoms with van der Waals surface area (Å²) in [4.78, 5) is 15.0. The summed E-state index contributed by atoms with van der Waals surface area (Å²) in [6, 6.07) is 10.7. The van der Waals surface area contributed by atoms with Crippen LogP contribution in [0.5, 0.6) is 0 Å². The summed E-state index contributed by atoms with van der Waals surface area (Å²) in [5.41, 5.74) is 1.45. The number of nitrogens with zero attached hydrogens (tertiary/aromatic N) is 4. The number of rotatable bonds is 7. The molecule has 2 unspecified atom stereocenters. The van der Waals surface area contributed by atoms with Gasteiger partial charge in [-0.2, -0.15) is 13.2 Å². The number of amides is 1. The number of fused-ring (bicyclic) bond motifs is 2. The van der Waals surface area contributed by atoms with E-state index in [1.54, 1.807) is 18.5 Å². The van der Waals surface area contributed by atoms with Crippen LogP contribution in [0.4, 0.5) is 18.9 Å². The fourth-order valence-corrected chi connectivity index (χ4v) is 6.71. The van der Waals surface area contributed by atoms with Gasteiger partial charge in [-0.3, -0.25) is 4.79 Å². The van der Waals surface area contributed by atoms with Crippen molar-refractivity contribution in [3.05, 3.63) is 76.4 Å². The lowest BCUT2D eigenvalue weighted by Gasteiger charge is -2.33. The summed E-state index contributed by atoms with van der Waals surface area (Å²) in [7, 11) is 1.88. The summed E-state index contributed by atoms with van der Waals surface area (Å²) < 4.78 is 49.9. The molecule has 1 aromatic heterocycles. The Morgan fingerprint density at radius 3 is 2.59 bits per heavy atom. The smallest absolute Gasteiger partial charge is 0.381 e. The number of aryl methyl sites for hydroxylation is 1. The van der Waals surface area contributed by atoms with Crippen LogP contribution in [-0.2, 0) is 31.1 Å². The molecule has 2 aliphatic heterocycles. The Labute approximate surface area is 224 Å². The predicted molar refractivity (Wildman–Crippen MR) is 137 cm³/mol. The van der Waals surface area contributed by atoms with Crippen LogP contribution < -0.4 is 10.2 Å². The standard InChI is InChI=1S/C29H30F3N5O2/c1-36-15-34-35-27(36)26(20-13-39-14-20)17-3-2-4-22(10-17)37-12-24-23(28(37)38)5-16(6-25(24)29(30,31)32)11-33-21-8-18-7-19(18)9-21/h2-6,10,15,18-21,26,33H,7-9,11-14H2,1H3/t18-,19+,21?,26?. The fourth-order valence-electron chi connectivity index (χ4n) is 6.71. The molecule has 1 N–H and O–H groups in total. The molecule has 7 nitrogen and oxygen atoms in total. The first-order chi connectivity index (χ1) is 18.8. The van der Waals surface area contributed by atoms with Gasteiger partial charge >= 0.3 is 6.18 Å². The van der Waals surface area contributed by atoms with Crippen molar-refractivity contribution < 1.29 is 22.7 Å². The highest BCUT2D eigenvalue weighted by atomic mass is 19.4. The number of ether oxygens (including phenoxy) is 1. The number of benzene rings is 2. The van der Waals surface area contributed by atoms with E-state index in [1.165, 1.54) is 17.4 Å². The molecule has 2 aliphatic carbocycles. The van der Waals surface area contributed by atoms with Gasteiger partial charge in [0.05, 0.1) is 31.2 Å².